The van der Waals surface area contributed by atoms with Gasteiger partial charge in [0.15, 0.2) is 5.78 Å². The molecule has 3 rings (SSSR count). The lowest BCUT2D eigenvalue weighted by atomic mass is 9.94. The van der Waals surface area contributed by atoms with Gasteiger partial charge in [0.05, 0.1) is 12.0 Å². The summed E-state index contributed by atoms with van der Waals surface area (Å²) in [6, 6.07) is 13.7. The van der Waals surface area contributed by atoms with Gasteiger partial charge in [0.25, 0.3) is 0 Å². The first-order valence-corrected chi connectivity index (χ1v) is 5.90. The minimum atomic E-state index is -0.470. The van der Waals surface area contributed by atoms with Crippen LogP contribution >= 0.6 is 0 Å². The van der Waals surface area contributed by atoms with E-state index in [2.05, 4.69) is 0 Å². The maximum absolute atomic E-state index is 12.2. The first-order chi connectivity index (χ1) is 8.25. The van der Waals surface area contributed by atoms with Crippen LogP contribution in [0.3, 0.4) is 0 Å². The number of fused-ring (bicyclic) bond motifs is 1. The van der Waals surface area contributed by atoms with Crippen molar-refractivity contribution in [3.8, 4) is 0 Å². The summed E-state index contributed by atoms with van der Waals surface area (Å²) in [6.45, 7) is -0.0291. The zero-order valence-electron chi connectivity index (χ0n) is 9.52. The topological polar surface area (TPSA) is 37.3 Å². The van der Waals surface area contributed by atoms with Crippen LogP contribution in [0.15, 0.2) is 42.5 Å². The van der Waals surface area contributed by atoms with Gasteiger partial charge in [-0.2, -0.15) is 0 Å². The van der Waals surface area contributed by atoms with Crippen LogP contribution < -0.4 is 0 Å². The number of aliphatic hydroxyl groups is 1. The van der Waals surface area contributed by atoms with E-state index in [1.165, 1.54) is 0 Å². The summed E-state index contributed by atoms with van der Waals surface area (Å²) in [4.78, 5) is 12.2. The highest BCUT2D eigenvalue weighted by atomic mass is 16.3. The average Bonchev–Trinajstić information content (AvgIpc) is 3.18. The Labute approximate surface area is 99.9 Å². The molecule has 86 valence electrons. The van der Waals surface area contributed by atoms with Crippen LogP contribution in [0.5, 0.6) is 0 Å². The van der Waals surface area contributed by atoms with Gasteiger partial charge in [-0.25, -0.2) is 0 Å². The molecule has 1 saturated carbocycles. The predicted octanol–water partition coefficient (Wildman–Crippen LogP) is 2.80. The van der Waals surface area contributed by atoms with Crippen molar-refractivity contribution < 1.29 is 9.90 Å². The molecule has 17 heavy (non-hydrogen) atoms. The summed E-state index contributed by atoms with van der Waals surface area (Å²) in [5.41, 5.74) is 0.248. The van der Waals surface area contributed by atoms with Crippen molar-refractivity contribution in [1.29, 1.82) is 0 Å². The van der Waals surface area contributed by atoms with Crippen molar-refractivity contribution in [3.63, 3.8) is 0 Å². The molecule has 0 radical (unpaired) electrons. The van der Waals surface area contributed by atoms with E-state index in [0.717, 1.165) is 29.2 Å². The summed E-state index contributed by atoms with van der Waals surface area (Å²) >= 11 is 0. The molecule has 2 aromatic rings. The standard InChI is InChI=1S/C15H14O2/c16-10-15(7-8-15)14(17)13-6-5-11-3-1-2-4-12(11)9-13/h1-6,9,16H,7-8,10H2. The largest absolute Gasteiger partial charge is 0.395 e. The quantitative estimate of drug-likeness (QED) is 0.817. The number of benzene rings is 2. The Hall–Kier alpha value is -1.67. The molecule has 1 N–H and O–H groups in total. The highest BCUT2D eigenvalue weighted by molar-refractivity contribution is 6.04. The molecular formula is C15H14O2. The molecule has 0 bridgehead atoms. The Morgan fingerprint density at radius 3 is 2.47 bits per heavy atom. The maximum atomic E-state index is 12.2. The summed E-state index contributed by atoms with van der Waals surface area (Å²) in [6.07, 6.45) is 1.63. The molecular weight excluding hydrogens is 212 g/mol. The molecule has 2 heteroatoms. The van der Waals surface area contributed by atoms with E-state index in [-0.39, 0.29) is 12.4 Å². The monoisotopic (exact) mass is 226 g/mol. The summed E-state index contributed by atoms with van der Waals surface area (Å²) in [5.74, 6) is 0.0887. The first-order valence-electron chi connectivity index (χ1n) is 5.90. The fraction of sp³-hybridized carbons (Fsp3) is 0.267. The van der Waals surface area contributed by atoms with Crippen LogP contribution in [-0.2, 0) is 0 Å². The van der Waals surface area contributed by atoms with Gasteiger partial charge in [0, 0.05) is 5.56 Å². The third kappa shape index (κ3) is 1.65. The van der Waals surface area contributed by atoms with Crippen LogP contribution in [0.4, 0.5) is 0 Å². The number of carbonyl (C=O) groups is 1. The summed E-state index contributed by atoms with van der Waals surface area (Å²) < 4.78 is 0. The van der Waals surface area contributed by atoms with Crippen LogP contribution in [0.2, 0.25) is 0 Å². The number of Topliss-reactive ketones (excluding diaryl/α,β-unsaturated/α-hetero) is 1. The number of ketones is 1. The van der Waals surface area contributed by atoms with Crippen LogP contribution in [-0.4, -0.2) is 17.5 Å². The molecule has 0 spiro atoms. The molecule has 2 nitrogen and oxygen atoms in total. The first kappa shape index (κ1) is 10.5. The van der Waals surface area contributed by atoms with E-state index >= 15 is 0 Å². The molecule has 2 aromatic carbocycles. The predicted molar refractivity (Wildman–Crippen MR) is 67.0 cm³/mol. The third-order valence-corrected chi connectivity index (χ3v) is 3.65. The van der Waals surface area contributed by atoms with Gasteiger partial charge in [0.2, 0.25) is 0 Å². The lowest BCUT2D eigenvalue weighted by Crippen LogP contribution is -2.19. The van der Waals surface area contributed by atoms with Gasteiger partial charge in [-0.05, 0) is 29.7 Å². The summed E-state index contributed by atoms with van der Waals surface area (Å²) in [5, 5.41) is 11.5. The molecule has 1 fully saturated rings. The lowest BCUT2D eigenvalue weighted by Gasteiger charge is -2.10. The van der Waals surface area contributed by atoms with Crippen molar-refractivity contribution in [3.05, 3.63) is 48.0 Å². The number of carbonyl (C=O) groups excluding carboxylic acids is 1. The van der Waals surface area contributed by atoms with E-state index in [4.69, 9.17) is 0 Å². The summed E-state index contributed by atoms with van der Waals surface area (Å²) in [7, 11) is 0. The molecule has 0 aromatic heterocycles. The normalized spacial score (nSPS) is 17.0. The fourth-order valence-electron chi connectivity index (χ4n) is 2.24. The fourth-order valence-corrected chi connectivity index (χ4v) is 2.24. The molecule has 0 atom stereocenters. The van der Waals surface area contributed by atoms with Gasteiger partial charge in [0.1, 0.15) is 0 Å². The van der Waals surface area contributed by atoms with Crippen LogP contribution in [0, 0.1) is 5.41 Å². The van der Waals surface area contributed by atoms with Gasteiger partial charge in [-0.1, -0.05) is 36.4 Å². The van der Waals surface area contributed by atoms with Crippen molar-refractivity contribution in [2.45, 2.75) is 12.8 Å². The zero-order chi connectivity index (χ0) is 11.9. The highest BCUT2D eigenvalue weighted by Crippen LogP contribution is 2.47. The average molecular weight is 226 g/mol. The second-order valence-corrected chi connectivity index (χ2v) is 4.83. The molecule has 0 aliphatic heterocycles. The molecule has 0 saturated heterocycles. The maximum Gasteiger partial charge on any atom is 0.171 e. The molecule has 1 aliphatic rings. The van der Waals surface area contributed by atoms with E-state index in [9.17, 15) is 9.90 Å². The van der Waals surface area contributed by atoms with Crippen molar-refractivity contribution in [2.75, 3.05) is 6.61 Å². The minimum Gasteiger partial charge on any atom is -0.395 e. The van der Waals surface area contributed by atoms with Gasteiger partial charge >= 0.3 is 0 Å². The molecule has 0 heterocycles. The van der Waals surface area contributed by atoms with E-state index in [0.29, 0.717) is 0 Å². The highest BCUT2D eigenvalue weighted by Gasteiger charge is 2.49. The Morgan fingerprint density at radius 2 is 1.82 bits per heavy atom. The second kappa shape index (κ2) is 3.67. The Kier molecular flexibility index (Phi) is 2.26. The van der Waals surface area contributed by atoms with E-state index < -0.39 is 5.41 Å². The zero-order valence-corrected chi connectivity index (χ0v) is 9.52. The van der Waals surface area contributed by atoms with Gasteiger partial charge in [-0.3, -0.25) is 4.79 Å². The number of hydrogen-bond acceptors (Lipinski definition) is 2. The van der Waals surface area contributed by atoms with Crippen molar-refractivity contribution >= 4 is 16.6 Å². The number of aliphatic hydroxyl groups excluding tert-OH is 1. The van der Waals surface area contributed by atoms with E-state index in [1.807, 2.05) is 42.5 Å². The lowest BCUT2D eigenvalue weighted by molar-refractivity contribution is 0.0830. The second-order valence-electron chi connectivity index (χ2n) is 4.83. The SMILES string of the molecule is O=C(c1ccc2ccccc2c1)C1(CO)CC1. The van der Waals surface area contributed by atoms with Crippen molar-refractivity contribution in [1.82, 2.24) is 0 Å². The van der Waals surface area contributed by atoms with Gasteiger partial charge in [-0.15, -0.1) is 0 Å². The Morgan fingerprint density at radius 1 is 1.12 bits per heavy atom. The number of hydrogen-bond donors (Lipinski definition) is 1. The van der Waals surface area contributed by atoms with Crippen LogP contribution in [0.25, 0.3) is 10.8 Å². The molecule has 0 unspecified atom stereocenters. The van der Waals surface area contributed by atoms with Crippen LogP contribution in [0.1, 0.15) is 23.2 Å². The Bertz CT molecular complexity index is 582. The molecule has 0 amide bonds. The van der Waals surface area contributed by atoms with E-state index in [1.54, 1.807) is 0 Å². The van der Waals surface area contributed by atoms with Gasteiger partial charge < -0.3 is 5.11 Å². The number of rotatable bonds is 3. The van der Waals surface area contributed by atoms with Crippen molar-refractivity contribution in [2.24, 2.45) is 5.41 Å². The minimum absolute atomic E-state index is 0.0291. The molecule has 1 aliphatic carbocycles. The third-order valence-electron chi connectivity index (χ3n) is 3.65. The smallest absolute Gasteiger partial charge is 0.171 e. The Balaban J connectivity index is 2.04.